The van der Waals surface area contributed by atoms with E-state index in [1.807, 2.05) is 54.6 Å². The van der Waals surface area contributed by atoms with Gasteiger partial charge in [0.15, 0.2) is 0 Å². The molecular weight excluding hydrogens is 530 g/mol. The number of hydrogen-bond acceptors (Lipinski definition) is 5. The van der Waals surface area contributed by atoms with Gasteiger partial charge >= 0.3 is 12.1 Å². The molecule has 0 spiro atoms. The highest BCUT2D eigenvalue weighted by molar-refractivity contribution is 5.91. The maximum atomic E-state index is 13.7. The van der Waals surface area contributed by atoms with Crippen LogP contribution in [0.1, 0.15) is 48.3 Å². The fourth-order valence-electron chi connectivity index (χ4n) is 6.45. The van der Waals surface area contributed by atoms with Crippen LogP contribution in [0.2, 0.25) is 0 Å². The molecule has 0 radical (unpaired) electrons. The normalized spacial score (nSPS) is 20.4. The number of carboxylic acid groups (broad SMARTS) is 1. The third kappa shape index (κ3) is 6.04. The van der Waals surface area contributed by atoms with Crippen molar-refractivity contribution >= 4 is 18.0 Å². The van der Waals surface area contributed by atoms with Crippen LogP contribution < -0.4 is 10.6 Å². The number of hydrogen-bond donors (Lipinski definition) is 3. The number of alkyl carbamates (subject to hydrolysis) is 1. The highest BCUT2D eigenvalue weighted by atomic mass is 16.5. The zero-order valence-corrected chi connectivity index (χ0v) is 23.6. The molecule has 3 aliphatic rings. The van der Waals surface area contributed by atoms with Crippen molar-refractivity contribution in [3.05, 3.63) is 95.6 Å². The molecule has 2 aliphatic carbocycles. The summed E-state index contributed by atoms with van der Waals surface area (Å²) in [5.41, 5.74) is 4.41. The Bertz CT molecular complexity index is 1410. The average Bonchev–Trinajstić information content (AvgIpc) is 3.65. The molecule has 1 saturated carbocycles. The van der Waals surface area contributed by atoms with Gasteiger partial charge in [-0.25, -0.2) is 4.79 Å². The summed E-state index contributed by atoms with van der Waals surface area (Å²) in [4.78, 5) is 41.0. The number of aliphatic carboxylic acids is 1. The Balaban J connectivity index is 1.15. The van der Waals surface area contributed by atoms with Gasteiger partial charge in [0.05, 0.1) is 5.92 Å². The molecule has 2 fully saturated rings. The van der Waals surface area contributed by atoms with Gasteiger partial charge in [-0.15, -0.1) is 0 Å². The first-order valence-corrected chi connectivity index (χ1v) is 14.8. The molecule has 218 valence electrons. The first kappa shape index (κ1) is 28.0. The molecule has 3 aromatic rings. The van der Waals surface area contributed by atoms with Crippen LogP contribution in [0.3, 0.4) is 0 Å². The Morgan fingerprint density at radius 1 is 0.929 bits per heavy atom. The summed E-state index contributed by atoms with van der Waals surface area (Å²) >= 11 is 0. The smallest absolute Gasteiger partial charge is 0.408 e. The number of rotatable bonds is 11. The first-order chi connectivity index (χ1) is 20.4. The van der Waals surface area contributed by atoms with Crippen LogP contribution in [-0.2, 0) is 20.9 Å². The van der Waals surface area contributed by atoms with Crippen molar-refractivity contribution in [1.29, 1.82) is 0 Å². The summed E-state index contributed by atoms with van der Waals surface area (Å²) in [6, 6.07) is 26.3. The summed E-state index contributed by atoms with van der Waals surface area (Å²) in [7, 11) is 0. The number of nitrogens with one attached hydrogen (secondary N) is 2. The molecule has 6 rings (SSSR count). The maximum absolute atomic E-state index is 13.7. The summed E-state index contributed by atoms with van der Waals surface area (Å²) in [6.07, 6.45) is 2.39. The first-order valence-electron chi connectivity index (χ1n) is 14.8. The van der Waals surface area contributed by atoms with Crippen molar-refractivity contribution in [2.75, 3.05) is 26.2 Å². The largest absolute Gasteiger partial charge is 0.481 e. The fourth-order valence-corrected chi connectivity index (χ4v) is 6.45. The SMILES string of the molecule is O=C(NC1(C(=O)NCC(CC2CC2)C(=O)O)CCN(Cc2ccccc2)C1)OCC1c2ccccc2-c2ccccc21. The molecule has 1 saturated heterocycles. The van der Waals surface area contributed by atoms with Gasteiger partial charge in [0.1, 0.15) is 12.1 Å². The lowest BCUT2D eigenvalue weighted by atomic mass is 9.96. The highest BCUT2D eigenvalue weighted by Crippen LogP contribution is 2.44. The van der Waals surface area contributed by atoms with Gasteiger partial charge in [0, 0.05) is 32.1 Å². The van der Waals surface area contributed by atoms with E-state index in [2.05, 4.69) is 39.8 Å². The molecule has 2 unspecified atom stereocenters. The number of carbonyl (C=O) groups is 3. The standard InChI is InChI=1S/C34H37N3O5/c38-31(39)25(18-23-14-15-23)19-35-32(40)34(16-17-37(22-34)20-24-8-2-1-3-9-24)36-33(41)42-21-30-28-12-6-4-10-26(28)27-11-5-7-13-29(27)30/h1-13,23,25,30H,14-22H2,(H,35,40)(H,36,41)(H,38,39). The number of benzene rings is 3. The van der Waals surface area contributed by atoms with Gasteiger partial charge in [-0.3, -0.25) is 14.5 Å². The molecule has 1 heterocycles. The van der Waals surface area contributed by atoms with E-state index in [1.54, 1.807) is 0 Å². The van der Waals surface area contributed by atoms with Gasteiger partial charge in [0.2, 0.25) is 5.91 Å². The number of likely N-dealkylation sites (tertiary alicyclic amines) is 1. The molecule has 0 aromatic heterocycles. The van der Waals surface area contributed by atoms with Crippen molar-refractivity contribution in [2.45, 2.75) is 43.7 Å². The predicted molar refractivity (Wildman–Crippen MR) is 159 cm³/mol. The number of fused-ring (bicyclic) bond motifs is 3. The van der Waals surface area contributed by atoms with E-state index < -0.39 is 23.5 Å². The Labute approximate surface area is 246 Å². The van der Waals surface area contributed by atoms with Crippen molar-refractivity contribution in [3.8, 4) is 11.1 Å². The van der Waals surface area contributed by atoms with Crippen molar-refractivity contribution < 1.29 is 24.2 Å². The number of ether oxygens (including phenoxy) is 1. The number of nitrogens with zero attached hydrogens (tertiary/aromatic N) is 1. The lowest BCUT2D eigenvalue weighted by Crippen LogP contribution is -2.61. The Hall–Kier alpha value is -4.17. The Kier molecular flexibility index (Phi) is 7.98. The molecule has 1 aliphatic heterocycles. The molecule has 3 aromatic carbocycles. The van der Waals surface area contributed by atoms with Crippen LogP contribution in [0.25, 0.3) is 11.1 Å². The average molecular weight is 568 g/mol. The maximum Gasteiger partial charge on any atom is 0.408 e. The zero-order valence-electron chi connectivity index (χ0n) is 23.6. The summed E-state index contributed by atoms with van der Waals surface area (Å²) in [5, 5.41) is 15.5. The third-order valence-corrected chi connectivity index (χ3v) is 8.89. The molecule has 42 heavy (non-hydrogen) atoms. The van der Waals surface area contributed by atoms with Crippen LogP contribution in [0.5, 0.6) is 0 Å². The van der Waals surface area contributed by atoms with E-state index in [-0.39, 0.29) is 25.0 Å². The van der Waals surface area contributed by atoms with Crippen LogP contribution in [-0.4, -0.2) is 59.8 Å². The Morgan fingerprint density at radius 2 is 1.57 bits per heavy atom. The second-order valence-corrected chi connectivity index (χ2v) is 11.9. The minimum absolute atomic E-state index is 0.0392. The third-order valence-electron chi connectivity index (χ3n) is 8.89. The molecular formula is C34H37N3O5. The van der Waals surface area contributed by atoms with E-state index in [4.69, 9.17) is 4.74 Å². The van der Waals surface area contributed by atoms with Gasteiger partial charge in [-0.05, 0) is 46.6 Å². The van der Waals surface area contributed by atoms with Gasteiger partial charge in [-0.1, -0.05) is 91.7 Å². The summed E-state index contributed by atoms with van der Waals surface area (Å²) in [5.74, 6) is -1.59. The highest BCUT2D eigenvalue weighted by Gasteiger charge is 2.47. The van der Waals surface area contributed by atoms with Crippen molar-refractivity contribution in [2.24, 2.45) is 11.8 Å². The second-order valence-electron chi connectivity index (χ2n) is 11.9. The Morgan fingerprint density at radius 3 is 2.21 bits per heavy atom. The lowest BCUT2D eigenvalue weighted by Gasteiger charge is -2.30. The van der Waals surface area contributed by atoms with Gasteiger partial charge in [-0.2, -0.15) is 0 Å². The van der Waals surface area contributed by atoms with Crippen LogP contribution in [0.4, 0.5) is 4.79 Å². The minimum atomic E-state index is -1.22. The van der Waals surface area contributed by atoms with Gasteiger partial charge in [0.25, 0.3) is 0 Å². The lowest BCUT2D eigenvalue weighted by molar-refractivity contribution is -0.142. The van der Waals surface area contributed by atoms with Crippen LogP contribution in [0, 0.1) is 11.8 Å². The summed E-state index contributed by atoms with van der Waals surface area (Å²) in [6.45, 7) is 1.74. The molecule has 2 atom stereocenters. The van der Waals surface area contributed by atoms with Crippen LogP contribution >= 0.6 is 0 Å². The number of carbonyl (C=O) groups excluding carboxylic acids is 2. The van der Waals surface area contributed by atoms with E-state index in [1.165, 1.54) is 0 Å². The van der Waals surface area contributed by atoms with Crippen LogP contribution in [0.15, 0.2) is 78.9 Å². The predicted octanol–water partition coefficient (Wildman–Crippen LogP) is 4.79. The fraction of sp³-hybridized carbons (Fsp3) is 0.382. The zero-order chi connectivity index (χ0) is 29.1. The van der Waals surface area contributed by atoms with Crippen molar-refractivity contribution in [1.82, 2.24) is 15.5 Å². The molecule has 2 amide bonds. The molecule has 8 nitrogen and oxygen atoms in total. The number of amides is 2. The van der Waals surface area contributed by atoms with E-state index in [0.29, 0.717) is 38.4 Å². The summed E-state index contributed by atoms with van der Waals surface area (Å²) < 4.78 is 5.81. The van der Waals surface area contributed by atoms with E-state index in [9.17, 15) is 19.5 Å². The topological polar surface area (TPSA) is 108 Å². The van der Waals surface area contributed by atoms with Gasteiger partial charge < -0.3 is 20.5 Å². The molecule has 0 bridgehead atoms. The van der Waals surface area contributed by atoms with Crippen molar-refractivity contribution in [3.63, 3.8) is 0 Å². The number of carboxylic acids is 1. The monoisotopic (exact) mass is 567 g/mol. The van der Waals surface area contributed by atoms with E-state index in [0.717, 1.165) is 40.7 Å². The second kappa shape index (κ2) is 12.0. The quantitative estimate of drug-likeness (QED) is 0.308. The minimum Gasteiger partial charge on any atom is -0.481 e. The van der Waals surface area contributed by atoms with E-state index >= 15 is 0 Å². The molecule has 8 heteroatoms. The molecule has 3 N–H and O–H groups in total.